The lowest BCUT2D eigenvalue weighted by atomic mass is 10.0. The van der Waals surface area contributed by atoms with E-state index in [-0.39, 0.29) is 11.4 Å². The summed E-state index contributed by atoms with van der Waals surface area (Å²) in [4.78, 5) is 17.1. The van der Waals surface area contributed by atoms with Crippen molar-refractivity contribution in [3.05, 3.63) is 54.2 Å². The zero-order valence-corrected chi connectivity index (χ0v) is 12.5. The second-order valence-electron chi connectivity index (χ2n) is 6.23. The van der Waals surface area contributed by atoms with E-state index in [1.807, 2.05) is 69.3 Å². The Hall–Kier alpha value is -2.42. The van der Waals surface area contributed by atoms with E-state index in [1.54, 1.807) is 0 Å². The molecular weight excluding hydrogens is 260 g/mol. The van der Waals surface area contributed by atoms with Crippen LogP contribution in [0.4, 0.5) is 0 Å². The molecule has 0 saturated heterocycles. The highest BCUT2D eigenvalue weighted by molar-refractivity contribution is 6.14. The van der Waals surface area contributed by atoms with Crippen molar-refractivity contribution >= 4 is 27.6 Å². The lowest BCUT2D eigenvalue weighted by molar-refractivity contribution is 0.0916. The first kappa shape index (κ1) is 13.6. The maximum atomic E-state index is 12.5. The summed E-state index contributed by atoms with van der Waals surface area (Å²) in [5.41, 5.74) is 1.04. The topological polar surface area (TPSA) is 42.0 Å². The van der Waals surface area contributed by atoms with Crippen LogP contribution >= 0.6 is 0 Å². The summed E-state index contributed by atoms with van der Waals surface area (Å²) in [6.45, 7) is 5.90. The number of carbonyl (C=O) groups is 1. The van der Waals surface area contributed by atoms with Gasteiger partial charge in [0, 0.05) is 16.3 Å². The van der Waals surface area contributed by atoms with E-state index in [9.17, 15) is 4.79 Å². The first-order valence-corrected chi connectivity index (χ1v) is 7.06. The van der Waals surface area contributed by atoms with Crippen LogP contribution in [-0.2, 0) is 0 Å². The fraction of sp³-hybridized carbons (Fsp3) is 0.222. The predicted octanol–water partition coefficient (Wildman–Crippen LogP) is 3.92. The van der Waals surface area contributed by atoms with E-state index in [4.69, 9.17) is 0 Å². The van der Waals surface area contributed by atoms with Gasteiger partial charge in [-0.15, -0.1) is 0 Å². The van der Waals surface area contributed by atoms with E-state index in [1.165, 1.54) is 0 Å². The van der Waals surface area contributed by atoms with Crippen LogP contribution < -0.4 is 5.32 Å². The van der Waals surface area contributed by atoms with E-state index >= 15 is 0 Å². The smallest absolute Gasteiger partial charge is 0.270 e. The van der Waals surface area contributed by atoms with Crippen LogP contribution in [-0.4, -0.2) is 16.4 Å². The van der Waals surface area contributed by atoms with Gasteiger partial charge in [0.15, 0.2) is 0 Å². The van der Waals surface area contributed by atoms with E-state index in [0.29, 0.717) is 5.69 Å². The Kier molecular flexibility index (Phi) is 3.13. The van der Waals surface area contributed by atoms with Crippen LogP contribution in [0, 0.1) is 0 Å². The molecule has 1 heterocycles. The quantitative estimate of drug-likeness (QED) is 0.686. The number of hydrogen-bond donors (Lipinski definition) is 1. The minimum absolute atomic E-state index is 0.135. The third-order valence-corrected chi connectivity index (χ3v) is 3.31. The van der Waals surface area contributed by atoms with Gasteiger partial charge in [0.05, 0.1) is 5.52 Å². The number of nitrogens with zero attached hydrogens (tertiary/aromatic N) is 1. The molecule has 0 unspecified atom stereocenters. The van der Waals surface area contributed by atoms with E-state index < -0.39 is 0 Å². The minimum Gasteiger partial charge on any atom is -0.346 e. The molecular formula is C18H18N2O. The highest BCUT2D eigenvalue weighted by Crippen LogP contribution is 2.26. The average Bonchev–Trinajstić information content (AvgIpc) is 2.44. The Morgan fingerprint density at radius 3 is 2.14 bits per heavy atom. The molecule has 1 amide bonds. The summed E-state index contributed by atoms with van der Waals surface area (Å²) in [6.07, 6.45) is 0. The maximum absolute atomic E-state index is 12.5. The molecule has 106 valence electrons. The third kappa shape index (κ3) is 2.59. The molecule has 2 aromatic carbocycles. The number of nitrogens with one attached hydrogen (secondary N) is 1. The number of carbonyl (C=O) groups excluding carboxylic acids is 1. The van der Waals surface area contributed by atoms with Crippen molar-refractivity contribution in [1.29, 1.82) is 0 Å². The van der Waals surface area contributed by atoms with Gasteiger partial charge in [0.2, 0.25) is 0 Å². The Morgan fingerprint density at radius 2 is 1.48 bits per heavy atom. The summed E-state index contributed by atoms with van der Waals surface area (Å²) >= 11 is 0. The second-order valence-corrected chi connectivity index (χ2v) is 6.23. The summed E-state index contributed by atoms with van der Waals surface area (Å²) in [7, 11) is 0. The standard InChI is InChI=1S/C18H18N2O/c1-18(2,3)20-17(21)16-14-10-5-4-8-12(14)13-9-6-7-11-15(13)19-16/h4-11H,1-3H3,(H,20,21). The average molecular weight is 278 g/mol. The summed E-state index contributed by atoms with van der Waals surface area (Å²) < 4.78 is 0. The zero-order valence-electron chi connectivity index (χ0n) is 12.5. The first-order valence-electron chi connectivity index (χ1n) is 7.06. The van der Waals surface area contributed by atoms with Gasteiger partial charge in [-0.3, -0.25) is 4.79 Å². The van der Waals surface area contributed by atoms with Gasteiger partial charge >= 0.3 is 0 Å². The Labute approximate surface area is 124 Å². The Bertz CT molecular complexity index is 831. The van der Waals surface area contributed by atoms with Crippen LogP contribution in [0.1, 0.15) is 31.3 Å². The number of pyridine rings is 1. The molecule has 3 aromatic rings. The number of para-hydroxylation sites is 1. The van der Waals surface area contributed by atoms with Crippen molar-refractivity contribution < 1.29 is 4.79 Å². The summed E-state index contributed by atoms with van der Waals surface area (Å²) in [5, 5.41) is 6.01. The molecule has 0 aliphatic heterocycles. The molecule has 0 radical (unpaired) electrons. The molecule has 0 saturated carbocycles. The van der Waals surface area contributed by atoms with Crippen LogP contribution in [0.3, 0.4) is 0 Å². The second kappa shape index (κ2) is 4.85. The van der Waals surface area contributed by atoms with Gasteiger partial charge in [-0.2, -0.15) is 0 Å². The molecule has 3 nitrogen and oxygen atoms in total. The van der Waals surface area contributed by atoms with E-state index in [0.717, 1.165) is 21.7 Å². The van der Waals surface area contributed by atoms with Crippen molar-refractivity contribution in [1.82, 2.24) is 10.3 Å². The molecule has 0 atom stereocenters. The number of fused-ring (bicyclic) bond motifs is 3. The number of aromatic nitrogens is 1. The van der Waals surface area contributed by atoms with Crippen molar-refractivity contribution in [2.75, 3.05) is 0 Å². The van der Waals surface area contributed by atoms with Crippen molar-refractivity contribution in [2.24, 2.45) is 0 Å². The molecule has 0 bridgehead atoms. The third-order valence-electron chi connectivity index (χ3n) is 3.31. The maximum Gasteiger partial charge on any atom is 0.270 e. The fourth-order valence-electron chi connectivity index (χ4n) is 2.48. The Balaban J connectivity index is 2.28. The molecule has 0 aliphatic rings. The summed E-state index contributed by atoms with van der Waals surface area (Å²) in [6, 6.07) is 15.8. The minimum atomic E-state index is -0.286. The number of benzene rings is 2. The predicted molar refractivity (Wildman–Crippen MR) is 86.5 cm³/mol. The van der Waals surface area contributed by atoms with Crippen LogP contribution in [0.15, 0.2) is 48.5 Å². The van der Waals surface area contributed by atoms with Crippen LogP contribution in [0.25, 0.3) is 21.7 Å². The number of rotatable bonds is 1. The highest BCUT2D eigenvalue weighted by Gasteiger charge is 2.19. The van der Waals surface area contributed by atoms with Crippen molar-refractivity contribution in [3.8, 4) is 0 Å². The molecule has 1 aromatic heterocycles. The van der Waals surface area contributed by atoms with Gasteiger partial charge in [0.25, 0.3) is 5.91 Å². The van der Waals surface area contributed by atoms with E-state index in [2.05, 4.69) is 10.3 Å². The molecule has 3 rings (SSSR count). The molecule has 0 spiro atoms. The van der Waals surface area contributed by atoms with Gasteiger partial charge in [-0.05, 0) is 32.2 Å². The largest absolute Gasteiger partial charge is 0.346 e. The fourth-order valence-corrected chi connectivity index (χ4v) is 2.48. The van der Waals surface area contributed by atoms with Crippen molar-refractivity contribution in [2.45, 2.75) is 26.3 Å². The molecule has 21 heavy (non-hydrogen) atoms. The van der Waals surface area contributed by atoms with Gasteiger partial charge in [-0.25, -0.2) is 4.98 Å². The number of amides is 1. The van der Waals surface area contributed by atoms with Gasteiger partial charge in [0.1, 0.15) is 5.69 Å². The normalized spacial score (nSPS) is 11.8. The SMILES string of the molecule is CC(C)(C)NC(=O)c1nc2ccccc2c2ccccc12. The molecule has 3 heteroatoms. The molecule has 0 aliphatic carbocycles. The van der Waals surface area contributed by atoms with Crippen LogP contribution in [0.2, 0.25) is 0 Å². The monoisotopic (exact) mass is 278 g/mol. The highest BCUT2D eigenvalue weighted by atomic mass is 16.2. The lowest BCUT2D eigenvalue weighted by Crippen LogP contribution is -2.41. The molecule has 1 N–H and O–H groups in total. The van der Waals surface area contributed by atoms with Gasteiger partial charge in [-0.1, -0.05) is 42.5 Å². The Morgan fingerprint density at radius 1 is 0.905 bits per heavy atom. The zero-order chi connectivity index (χ0) is 15.0. The lowest BCUT2D eigenvalue weighted by Gasteiger charge is -2.21. The molecule has 0 fully saturated rings. The summed E-state index contributed by atoms with van der Waals surface area (Å²) in [5.74, 6) is -0.135. The first-order chi connectivity index (χ1) is 9.96. The van der Waals surface area contributed by atoms with Gasteiger partial charge < -0.3 is 5.32 Å². The van der Waals surface area contributed by atoms with Crippen molar-refractivity contribution in [3.63, 3.8) is 0 Å². The van der Waals surface area contributed by atoms with Crippen LogP contribution in [0.5, 0.6) is 0 Å². The number of hydrogen-bond acceptors (Lipinski definition) is 2.